The van der Waals surface area contributed by atoms with Gasteiger partial charge in [-0.25, -0.2) is 4.98 Å². The van der Waals surface area contributed by atoms with Crippen LogP contribution in [0.4, 0.5) is 5.82 Å². The summed E-state index contributed by atoms with van der Waals surface area (Å²) in [6.07, 6.45) is 3.22. The largest absolute Gasteiger partial charge is 0.380 e. The molecule has 1 aliphatic rings. The van der Waals surface area contributed by atoms with Crippen LogP contribution < -0.4 is 4.90 Å². The number of pyridine rings is 1. The maximum atomic E-state index is 5.79. The summed E-state index contributed by atoms with van der Waals surface area (Å²) in [5.41, 5.74) is 1.11. The Bertz CT molecular complexity index is 332. The van der Waals surface area contributed by atoms with Crippen LogP contribution in [0.2, 0.25) is 0 Å². The van der Waals surface area contributed by atoms with Crippen LogP contribution in [0.3, 0.4) is 0 Å². The monoisotopic (exact) mass is 226 g/mol. The molecule has 4 heteroatoms. The van der Waals surface area contributed by atoms with E-state index >= 15 is 0 Å². The fourth-order valence-electron chi connectivity index (χ4n) is 1.85. The summed E-state index contributed by atoms with van der Waals surface area (Å²) in [7, 11) is 1.76. The third-order valence-corrected chi connectivity index (χ3v) is 3.08. The molecule has 1 aromatic heterocycles. The molecule has 1 atom stereocenters. The van der Waals surface area contributed by atoms with E-state index in [0.29, 0.717) is 12.0 Å². The second-order valence-electron chi connectivity index (χ2n) is 3.75. The van der Waals surface area contributed by atoms with Crippen LogP contribution >= 0.6 is 11.6 Å². The van der Waals surface area contributed by atoms with Crippen LogP contribution in [-0.2, 0) is 10.6 Å². The number of hydrogen-bond acceptors (Lipinski definition) is 3. The summed E-state index contributed by atoms with van der Waals surface area (Å²) in [4.78, 5) is 6.59. The van der Waals surface area contributed by atoms with Crippen LogP contribution in [0.15, 0.2) is 18.3 Å². The summed E-state index contributed by atoms with van der Waals surface area (Å²) >= 11 is 5.79. The van der Waals surface area contributed by atoms with Gasteiger partial charge in [0.1, 0.15) is 5.82 Å². The molecule has 0 aromatic carbocycles. The SMILES string of the molecule is COC1CCN(c2cc(CCl)ccn2)C1. The Morgan fingerprint density at radius 3 is 3.20 bits per heavy atom. The maximum absolute atomic E-state index is 5.79. The van der Waals surface area contributed by atoms with Gasteiger partial charge in [0, 0.05) is 32.3 Å². The zero-order valence-electron chi connectivity index (χ0n) is 8.82. The Morgan fingerprint density at radius 1 is 1.67 bits per heavy atom. The van der Waals surface area contributed by atoms with Gasteiger partial charge in [-0.15, -0.1) is 11.6 Å². The summed E-state index contributed by atoms with van der Waals surface area (Å²) in [6, 6.07) is 3.99. The van der Waals surface area contributed by atoms with Crippen LogP contribution in [0.5, 0.6) is 0 Å². The Kier molecular flexibility index (Phi) is 3.44. The van der Waals surface area contributed by atoms with Crippen molar-refractivity contribution in [3.8, 4) is 0 Å². The van der Waals surface area contributed by atoms with Crippen molar-refractivity contribution >= 4 is 17.4 Å². The molecular weight excluding hydrogens is 212 g/mol. The minimum Gasteiger partial charge on any atom is -0.380 e. The number of alkyl halides is 1. The van der Waals surface area contributed by atoms with Crippen molar-refractivity contribution in [2.24, 2.45) is 0 Å². The normalized spacial score (nSPS) is 20.9. The predicted molar refractivity (Wildman–Crippen MR) is 61.4 cm³/mol. The topological polar surface area (TPSA) is 25.4 Å². The number of ether oxygens (including phenoxy) is 1. The van der Waals surface area contributed by atoms with E-state index in [4.69, 9.17) is 16.3 Å². The van der Waals surface area contributed by atoms with Crippen molar-refractivity contribution in [3.05, 3.63) is 23.9 Å². The second kappa shape index (κ2) is 4.81. The molecule has 3 nitrogen and oxygen atoms in total. The molecule has 0 saturated carbocycles. The number of rotatable bonds is 3. The average Bonchev–Trinajstić information content (AvgIpc) is 2.78. The van der Waals surface area contributed by atoms with Gasteiger partial charge in [-0.3, -0.25) is 0 Å². The standard InChI is InChI=1S/C11H15ClN2O/c1-15-10-3-5-14(8-10)11-6-9(7-12)2-4-13-11/h2,4,6,10H,3,5,7-8H2,1H3. The van der Waals surface area contributed by atoms with Gasteiger partial charge >= 0.3 is 0 Å². The second-order valence-corrected chi connectivity index (χ2v) is 4.02. The highest BCUT2D eigenvalue weighted by Crippen LogP contribution is 2.20. The van der Waals surface area contributed by atoms with E-state index in [-0.39, 0.29) is 0 Å². The number of methoxy groups -OCH3 is 1. The minimum absolute atomic E-state index is 0.339. The van der Waals surface area contributed by atoms with Gasteiger partial charge in [0.15, 0.2) is 0 Å². The fourth-order valence-corrected chi connectivity index (χ4v) is 2.01. The number of aromatic nitrogens is 1. The van der Waals surface area contributed by atoms with Gasteiger partial charge in [-0.2, -0.15) is 0 Å². The lowest BCUT2D eigenvalue weighted by atomic mass is 10.3. The van der Waals surface area contributed by atoms with Gasteiger partial charge in [-0.05, 0) is 24.1 Å². The highest BCUT2D eigenvalue weighted by Gasteiger charge is 2.22. The molecule has 0 amide bonds. The van der Waals surface area contributed by atoms with E-state index in [0.717, 1.165) is 30.9 Å². The molecule has 1 aliphatic heterocycles. The van der Waals surface area contributed by atoms with Gasteiger partial charge < -0.3 is 9.64 Å². The zero-order chi connectivity index (χ0) is 10.7. The maximum Gasteiger partial charge on any atom is 0.128 e. The highest BCUT2D eigenvalue weighted by atomic mass is 35.5. The molecule has 1 fully saturated rings. The first kappa shape index (κ1) is 10.7. The van der Waals surface area contributed by atoms with Crippen LogP contribution in [0.1, 0.15) is 12.0 Å². The van der Waals surface area contributed by atoms with E-state index in [1.54, 1.807) is 7.11 Å². The number of anilines is 1. The molecule has 0 N–H and O–H groups in total. The Balaban J connectivity index is 2.09. The van der Waals surface area contributed by atoms with Crippen molar-refractivity contribution in [1.82, 2.24) is 4.98 Å². The van der Waals surface area contributed by atoms with Crippen LogP contribution in [0, 0.1) is 0 Å². The lowest BCUT2D eigenvalue weighted by molar-refractivity contribution is 0.121. The molecule has 1 saturated heterocycles. The van der Waals surface area contributed by atoms with Gasteiger partial charge in [-0.1, -0.05) is 0 Å². The fraction of sp³-hybridized carbons (Fsp3) is 0.545. The van der Waals surface area contributed by atoms with Gasteiger partial charge in [0.25, 0.3) is 0 Å². The smallest absolute Gasteiger partial charge is 0.128 e. The Morgan fingerprint density at radius 2 is 2.53 bits per heavy atom. The third-order valence-electron chi connectivity index (χ3n) is 2.77. The van der Waals surface area contributed by atoms with Crippen molar-refractivity contribution < 1.29 is 4.74 Å². The molecule has 0 spiro atoms. The number of hydrogen-bond donors (Lipinski definition) is 0. The first-order valence-electron chi connectivity index (χ1n) is 5.12. The number of halogens is 1. The summed E-state index contributed by atoms with van der Waals surface area (Å²) in [5, 5.41) is 0. The lowest BCUT2D eigenvalue weighted by Crippen LogP contribution is -2.23. The molecule has 0 radical (unpaired) electrons. The molecule has 0 bridgehead atoms. The predicted octanol–water partition coefficient (Wildman–Crippen LogP) is 2.05. The lowest BCUT2D eigenvalue weighted by Gasteiger charge is -2.17. The van der Waals surface area contributed by atoms with E-state index in [2.05, 4.69) is 9.88 Å². The van der Waals surface area contributed by atoms with E-state index < -0.39 is 0 Å². The molecule has 2 rings (SSSR count). The number of nitrogens with zero attached hydrogens (tertiary/aromatic N) is 2. The molecule has 1 unspecified atom stereocenters. The van der Waals surface area contributed by atoms with E-state index in [1.807, 2.05) is 18.3 Å². The van der Waals surface area contributed by atoms with Crippen LogP contribution in [0.25, 0.3) is 0 Å². The quantitative estimate of drug-likeness (QED) is 0.738. The Hall–Kier alpha value is -0.800. The molecule has 0 aliphatic carbocycles. The molecule has 2 heterocycles. The average molecular weight is 227 g/mol. The summed E-state index contributed by atoms with van der Waals surface area (Å²) in [5.74, 6) is 1.55. The van der Waals surface area contributed by atoms with Crippen molar-refractivity contribution in [2.75, 3.05) is 25.1 Å². The first-order valence-corrected chi connectivity index (χ1v) is 5.65. The highest BCUT2D eigenvalue weighted by molar-refractivity contribution is 6.17. The third kappa shape index (κ3) is 2.41. The van der Waals surface area contributed by atoms with Gasteiger partial charge in [0.2, 0.25) is 0 Å². The molecule has 15 heavy (non-hydrogen) atoms. The van der Waals surface area contributed by atoms with Gasteiger partial charge in [0.05, 0.1) is 6.10 Å². The summed E-state index contributed by atoms with van der Waals surface area (Å²) < 4.78 is 5.32. The van der Waals surface area contributed by atoms with Crippen molar-refractivity contribution in [3.63, 3.8) is 0 Å². The molecular formula is C11H15ClN2O. The molecule has 82 valence electrons. The first-order chi connectivity index (χ1) is 7.33. The summed E-state index contributed by atoms with van der Waals surface area (Å²) in [6.45, 7) is 1.94. The Labute approximate surface area is 95.0 Å². The van der Waals surface area contributed by atoms with E-state index in [1.165, 1.54) is 0 Å². The van der Waals surface area contributed by atoms with Crippen LogP contribution in [-0.4, -0.2) is 31.3 Å². The van der Waals surface area contributed by atoms with Crippen molar-refractivity contribution in [1.29, 1.82) is 0 Å². The molecule has 1 aromatic rings. The minimum atomic E-state index is 0.339. The van der Waals surface area contributed by atoms with E-state index in [9.17, 15) is 0 Å². The van der Waals surface area contributed by atoms with Crippen molar-refractivity contribution in [2.45, 2.75) is 18.4 Å². The zero-order valence-corrected chi connectivity index (χ0v) is 9.57.